The summed E-state index contributed by atoms with van der Waals surface area (Å²) < 4.78 is 0. The molecular weight excluding hydrogens is 220 g/mol. The quantitative estimate of drug-likeness (QED) is 0.645. The van der Waals surface area contributed by atoms with Crippen LogP contribution < -0.4 is 0 Å². The monoisotopic (exact) mass is 246 g/mol. The summed E-state index contributed by atoms with van der Waals surface area (Å²) >= 11 is 0. The fourth-order valence-corrected chi connectivity index (χ4v) is 5.21. The average molecular weight is 246 g/mol. The van der Waals surface area contributed by atoms with Gasteiger partial charge in [0.25, 0.3) is 0 Å². The maximum atomic E-state index is 9.32. The Balaban J connectivity index is 1.75. The summed E-state index contributed by atoms with van der Waals surface area (Å²) in [7, 11) is 0. The second kappa shape index (κ2) is 4.43. The van der Waals surface area contributed by atoms with Crippen molar-refractivity contribution in [2.45, 2.75) is 58.3 Å². The van der Waals surface area contributed by atoms with E-state index < -0.39 is 0 Å². The van der Waals surface area contributed by atoms with E-state index in [0.29, 0.717) is 5.41 Å². The lowest BCUT2D eigenvalue weighted by molar-refractivity contribution is 0.0259. The number of hydrogen-bond donors (Lipinski definition) is 1. The van der Waals surface area contributed by atoms with Gasteiger partial charge in [-0.15, -0.1) is 0 Å². The van der Waals surface area contributed by atoms with Crippen LogP contribution in [0.4, 0.5) is 0 Å². The smallest absolute Gasteiger partial charge is 0.108 e. The molecule has 1 nitrogen and oxygen atoms in total. The predicted octanol–water partition coefficient (Wildman–Crippen LogP) is 5.00. The van der Waals surface area contributed by atoms with Gasteiger partial charge in [-0.2, -0.15) is 0 Å². The Morgan fingerprint density at radius 2 is 2.17 bits per heavy atom. The molecule has 0 aromatic carbocycles. The van der Waals surface area contributed by atoms with Gasteiger partial charge < -0.3 is 5.11 Å². The van der Waals surface area contributed by atoms with Gasteiger partial charge in [-0.3, -0.25) is 0 Å². The standard InChI is InChI=1S/C17H26O/c1-12(18)10-13-5-6-15-14(11-13)7-9-17(2)8-3-4-16(15)17/h10,14-16,18H,1,3-9,11H2,2H3/b13-10-. The minimum Gasteiger partial charge on any atom is -0.509 e. The van der Waals surface area contributed by atoms with E-state index in [4.69, 9.17) is 0 Å². The first-order valence-electron chi connectivity index (χ1n) is 7.66. The zero-order valence-corrected chi connectivity index (χ0v) is 11.6. The second-order valence-corrected chi connectivity index (χ2v) is 7.15. The predicted molar refractivity (Wildman–Crippen MR) is 75.4 cm³/mol. The van der Waals surface area contributed by atoms with E-state index in [1.807, 2.05) is 6.08 Å². The Kier molecular flexibility index (Phi) is 3.03. The third kappa shape index (κ3) is 2.02. The molecule has 0 aromatic rings. The fraction of sp³-hybridized carbons (Fsp3) is 0.765. The Hall–Kier alpha value is -0.720. The molecule has 1 heteroatoms. The van der Waals surface area contributed by atoms with Crippen molar-refractivity contribution in [2.24, 2.45) is 23.2 Å². The lowest BCUT2D eigenvalue weighted by atomic mass is 9.56. The topological polar surface area (TPSA) is 20.2 Å². The summed E-state index contributed by atoms with van der Waals surface area (Å²) in [6.45, 7) is 6.14. The van der Waals surface area contributed by atoms with Crippen LogP contribution in [0.25, 0.3) is 0 Å². The highest BCUT2D eigenvalue weighted by molar-refractivity contribution is 5.18. The van der Waals surface area contributed by atoms with Gasteiger partial charge in [0.2, 0.25) is 0 Å². The Labute approximate surface area is 111 Å². The first-order chi connectivity index (χ1) is 8.58. The molecule has 18 heavy (non-hydrogen) atoms. The van der Waals surface area contributed by atoms with E-state index in [9.17, 15) is 5.11 Å². The lowest BCUT2D eigenvalue weighted by Gasteiger charge is -2.49. The number of allylic oxidation sites excluding steroid dienone is 2. The van der Waals surface area contributed by atoms with Crippen molar-refractivity contribution in [1.29, 1.82) is 0 Å². The fourth-order valence-electron chi connectivity index (χ4n) is 5.21. The Bertz CT molecular complexity index is 381. The molecule has 0 spiro atoms. The van der Waals surface area contributed by atoms with Gasteiger partial charge in [-0.05, 0) is 74.2 Å². The first kappa shape index (κ1) is 12.3. The molecular formula is C17H26O. The van der Waals surface area contributed by atoms with E-state index >= 15 is 0 Å². The van der Waals surface area contributed by atoms with E-state index in [1.165, 1.54) is 56.9 Å². The van der Waals surface area contributed by atoms with Gasteiger partial charge in [-0.25, -0.2) is 0 Å². The number of aliphatic hydroxyl groups excluding tert-OH is 1. The van der Waals surface area contributed by atoms with Crippen molar-refractivity contribution in [2.75, 3.05) is 0 Å². The molecule has 3 fully saturated rings. The average Bonchev–Trinajstić information content (AvgIpc) is 2.70. The van der Waals surface area contributed by atoms with Gasteiger partial charge in [-0.1, -0.05) is 25.5 Å². The van der Waals surface area contributed by atoms with Gasteiger partial charge >= 0.3 is 0 Å². The molecule has 0 aromatic heterocycles. The largest absolute Gasteiger partial charge is 0.509 e. The Morgan fingerprint density at radius 1 is 1.33 bits per heavy atom. The van der Waals surface area contributed by atoms with Gasteiger partial charge in [0.1, 0.15) is 5.76 Å². The summed E-state index contributed by atoms with van der Waals surface area (Å²) in [6.07, 6.45) is 12.9. The minimum absolute atomic E-state index is 0.241. The summed E-state index contributed by atoms with van der Waals surface area (Å²) in [5.41, 5.74) is 2.11. The summed E-state index contributed by atoms with van der Waals surface area (Å²) in [5, 5.41) is 9.32. The number of aliphatic hydroxyl groups is 1. The number of rotatable bonds is 1. The van der Waals surface area contributed by atoms with Crippen molar-refractivity contribution in [3.8, 4) is 0 Å². The van der Waals surface area contributed by atoms with E-state index in [1.54, 1.807) is 0 Å². The van der Waals surface area contributed by atoms with Crippen LogP contribution in [0.15, 0.2) is 24.0 Å². The normalized spacial score (nSPS) is 45.6. The van der Waals surface area contributed by atoms with Crippen LogP contribution in [-0.4, -0.2) is 5.11 Å². The van der Waals surface area contributed by atoms with E-state index in [-0.39, 0.29) is 5.76 Å². The molecule has 0 aliphatic heterocycles. The molecule has 0 bridgehead atoms. The van der Waals surface area contributed by atoms with Crippen LogP contribution >= 0.6 is 0 Å². The van der Waals surface area contributed by atoms with Crippen molar-refractivity contribution in [3.05, 3.63) is 24.0 Å². The number of fused-ring (bicyclic) bond motifs is 3. The van der Waals surface area contributed by atoms with Crippen molar-refractivity contribution in [1.82, 2.24) is 0 Å². The molecule has 3 rings (SSSR count). The lowest BCUT2D eigenvalue weighted by Crippen LogP contribution is -2.40. The van der Waals surface area contributed by atoms with Crippen LogP contribution in [0.3, 0.4) is 0 Å². The molecule has 0 amide bonds. The van der Waals surface area contributed by atoms with Gasteiger partial charge in [0, 0.05) is 0 Å². The van der Waals surface area contributed by atoms with Crippen molar-refractivity contribution < 1.29 is 5.11 Å². The highest BCUT2D eigenvalue weighted by Gasteiger charge is 2.49. The number of hydrogen-bond acceptors (Lipinski definition) is 1. The molecule has 3 saturated carbocycles. The van der Waals surface area contributed by atoms with E-state index in [2.05, 4.69) is 13.5 Å². The highest BCUT2D eigenvalue weighted by Crippen LogP contribution is 2.59. The second-order valence-electron chi connectivity index (χ2n) is 7.15. The summed E-state index contributed by atoms with van der Waals surface area (Å²) in [5.74, 6) is 3.09. The van der Waals surface area contributed by atoms with Crippen LogP contribution in [0.1, 0.15) is 58.3 Å². The van der Waals surface area contributed by atoms with Gasteiger partial charge in [0.05, 0.1) is 0 Å². The van der Waals surface area contributed by atoms with Crippen LogP contribution in [0.5, 0.6) is 0 Å². The molecule has 4 unspecified atom stereocenters. The highest BCUT2D eigenvalue weighted by atomic mass is 16.3. The molecule has 4 atom stereocenters. The van der Waals surface area contributed by atoms with Crippen LogP contribution in [-0.2, 0) is 0 Å². The van der Waals surface area contributed by atoms with E-state index in [0.717, 1.165) is 17.8 Å². The van der Waals surface area contributed by atoms with Crippen LogP contribution in [0, 0.1) is 23.2 Å². The SMILES string of the molecule is C=C(O)/C=C1/CCC2C(CCC3(C)CCCC23)C1. The zero-order chi connectivity index (χ0) is 12.8. The molecule has 1 N–H and O–H groups in total. The minimum atomic E-state index is 0.241. The molecule has 3 aliphatic carbocycles. The maximum Gasteiger partial charge on any atom is 0.108 e. The molecule has 0 radical (unpaired) electrons. The maximum absolute atomic E-state index is 9.32. The van der Waals surface area contributed by atoms with Crippen LogP contribution in [0.2, 0.25) is 0 Å². The molecule has 0 heterocycles. The third-order valence-electron chi connectivity index (χ3n) is 6.06. The Morgan fingerprint density at radius 3 is 2.94 bits per heavy atom. The van der Waals surface area contributed by atoms with Crippen molar-refractivity contribution in [3.63, 3.8) is 0 Å². The molecule has 0 saturated heterocycles. The van der Waals surface area contributed by atoms with Crippen molar-refractivity contribution >= 4 is 0 Å². The summed E-state index contributed by atoms with van der Waals surface area (Å²) in [6, 6.07) is 0. The molecule has 100 valence electrons. The third-order valence-corrected chi connectivity index (χ3v) is 6.06. The first-order valence-corrected chi connectivity index (χ1v) is 7.66. The van der Waals surface area contributed by atoms with Gasteiger partial charge in [0.15, 0.2) is 0 Å². The molecule has 3 aliphatic rings. The summed E-state index contributed by atoms with van der Waals surface area (Å²) in [4.78, 5) is 0. The zero-order valence-electron chi connectivity index (χ0n) is 11.6.